The van der Waals surface area contributed by atoms with Crippen LogP contribution in [-0.2, 0) is 4.79 Å². The van der Waals surface area contributed by atoms with Crippen molar-refractivity contribution in [2.45, 2.75) is 32.7 Å². The number of rotatable bonds is 1. The molecule has 0 saturated carbocycles. The topological polar surface area (TPSA) is 100 Å². The number of carbonyl (C=O) groups excluding carboxylic acids is 1. The largest absolute Gasteiger partial charge is 0.508 e. The van der Waals surface area contributed by atoms with Crippen LogP contribution in [0, 0.1) is 5.41 Å². The molecule has 1 aliphatic carbocycles. The van der Waals surface area contributed by atoms with E-state index in [0.29, 0.717) is 35.6 Å². The standard InChI is InChI=1S/C17H17BrN4O3/c1-17(2)6-10-13(12(24)7-17)14(9-5-8(18)3-4-11(9)23)20-16-15(19-10)21-25-22-16/h3-5,14,23H,6-7H2,1-2H3,(H,19,21)(H,20,22). The zero-order valence-corrected chi connectivity index (χ0v) is 15.3. The number of nitrogens with one attached hydrogen (secondary N) is 2. The number of hydrogen-bond donors (Lipinski definition) is 3. The van der Waals surface area contributed by atoms with Crippen molar-refractivity contribution in [1.29, 1.82) is 0 Å². The predicted molar refractivity (Wildman–Crippen MR) is 95.1 cm³/mol. The van der Waals surface area contributed by atoms with Crippen molar-refractivity contribution in [2.24, 2.45) is 5.41 Å². The zero-order valence-electron chi connectivity index (χ0n) is 13.8. The third-order valence-electron chi connectivity index (χ3n) is 4.55. The first kappa shape index (κ1) is 16.1. The Bertz CT molecular complexity index is 903. The highest BCUT2D eigenvalue weighted by atomic mass is 79.9. The molecule has 3 N–H and O–H groups in total. The lowest BCUT2D eigenvalue weighted by Gasteiger charge is -2.34. The number of hydrogen-bond acceptors (Lipinski definition) is 7. The number of nitrogens with zero attached hydrogens (tertiary/aromatic N) is 2. The molecule has 4 rings (SSSR count). The van der Waals surface area contributed by atoms with Crippen LogP contribution in [0.3, 0.4) is 0 Å². The maximum Gasteiger partial charge on any atom is 0.219 e. The van der Waals surface area contributed by atoms with Crippen molar-refractivity contribution in [2.75, 3.05) is 10.6 Å². The second kappa shape index (κ2) is 5.59. The fourth-order valence-electron chi connectivity index (χ4n) is 3.49. The van der Waals surface area contributed by atoms with E-state index in [0.717, 1.165) is 10.2 Å². The summed E-state index contributed by atoms with van der Waals surface area (Å²) in [6.45, 7) is 4.12. The molecule has 1 aliphatic heterocycles. The number of phenolic OH excluding ortho intramolecular Hbond substituents is 1. The SMILES string of the molecule is CC1(C)CC(=O)C2=C(C1)Nc1nonc1NC2c1cc(Br)ccc1O. The second-order valence-corrected chi connectivity index (χ2v) is 8.12. The van der Waals surface area contributed by atoms with Gasteiger partial charge in [0.05, 0.1) is 6.04 Å². The number of carbonyl (C=O) groups is 1. The van der Waals surface area contributed by atoms with E-state index in [1.807, 2.05) is 0 Å². The maximum atomic E-state index is 13.0. The van der Waals surface area contributed by atoms with E-state index in [-0.39, 0.29) is 16.9 Å². The minimum atomic E-state index is -0.545. The summed E-state index contributed by atoms with van der Waals surface area (Å²) >= 11 is 3.43. The van der Waals surface area contributed by atoms with Crippen LogP contribution in [0.2, 0.25) is 0 Å². The molecule has 7 nitrogen and oxygen atoms in total. The minimum absolute atomic E-state index is 0.0396. The van der Waals surface area contributed by atoms with Crippen LogP contribution in [0.4, 0.5) is 11.6 Å². The number of allylic oxidation sites excluding steroid dienone is 1. The van der Waals surface area contributed by atoms with E-state index in [1.54, 1.807) is 18.2 Å². The molecule has 0 amide bonds. The number of benzene rings is 1. The Labute approximate surface area is 152 Å². The first-order valence-corrected chi connectivity index (χ1v) is 8.74. The molecule has 8 heteroatoms. The highest BCUT2D eigenvalue weighted by molar-refractivity contribution is 9.10. The van der Waals surface area contributed by atoms with Crippen LogP contribution in [0.15, 0.2) is 38.6 Å². The monoisotopic (exact) mass is 404 g/mol. The second-order valence-electron chi connectivity index (χ2n) is 7.20. The van der Waals surface area contributed by atoms with E-state index in [1.165, 1.54) is 0 Å². The predicted octanol–water partition coefficient (Wildman–Crippen LogP) is 3.76. The highest BCUT2D eigenvalue weighted by Gasteiger charge is 2.40. The van der Waals surface area contributed by atoms with Gasteiger partial charge in [-0.3, -0.25) is 4.79 Å². The number of fused-ring (bicyclic) bond motifs is 1. The molecular formula is C17H17BrN4O3. The van der Waals surface area contributed by atoms with Gasteiger partial charge >= 0.3 is 0 Å². The Morgan fingerprint density at radius 3 is 2.84 bits per heavy atom. The summed E-state index contributed by atoms with van der Waals surface area (Å²) in [4.78, 5) is 13.0. The fraction of sp³-hybridized carbons (Fsp3) is 0.353. The smallest absolute Gasteiger partial charge is 0.219 e. The Morgan fingerprint density at radius 2 is 2.04 bits per heavy atom. The van der Waals surface area contributed by atoms with Crippen molar-refractivity contribution in [3.8, 4) is 5.75 Å². The van der Waals surface area contributed by atoms with Crippen molar-refractivity contribution < 1.29 is 14.5 Å². The molecule has 1 unspecified atom stereocenters. The van der Waals surface area contributed by atoms with Gasteiger partial charge < -0.3 is 15.7 Å². The Hall–Kier alpha value is -2.35. The van der Waals surface area contributed by atoms with E-state index in [2.05, 4.69) is 50.7 Å². The lowest BCUT2D eigenvalue weighted by Crippen LogP contribution is -2.31. The van der Waals surface area contributed by atoms with Crippen LogP contribution in [0.25, 0.3) is 0 Å². The van der Waals surface area contributed by atoms with Gasteiger partial charge in [-0.05, 0) is 40.3 Å². The lowest BCUT2D eigenvalue weighted by molar-refractivity contribution is -0.118. The first-order valence-electron chi connectivity index (χ1n) is 7.95. The molecule has 130 valence electrons. The summed E-state index contributed by atoms with van der Waals surface area (Å²) in [6.07, 6.45) is 1.13. The molecule has 25 heavy (non-hydrogen) atoms. The molecule has 0 saturated heterocycles. The van der Waals surface area contributed by atoms with Gasteiger partial charge in [0.25, 0.3) is 0 Å². The summed E-state index contributed by atoms with van der Waals surface area (Å²) in [5, 5.41) is 24.5. The third kappa shape index (κ3) is 2.80. The highest BCUT2D eigenvalue weighted by Crippen LogP contribution is 2.46. The third-order valence-corrected chi connectivity index (χ3v) is 5.04. The van der Waals surface area contributed by atoms with Gasteiger partial charge in [-0.25, -0.2) is 4.63 Å². The van der Waals surface area contributed by atoms with Crippen molar-refractivity contribution >= 4 is 33.3 Å². The number of halogens is 1. The quantitative estimate of drug-likeness (QED) is 0.664. The van der Waals surface area contributed by atoms with Crippen LogP contribution in [0.5, 0.6) is 5.75 Å². The lowest BCUT2D eigenvalue weighted by atomic mass is 9.73. The molecule has 0 radical (unpaired) electrons. The van der Waals surface area contributed by atoms with Crippen LogP contribution in [-0.4, -0.2) is 21.2 Å². The van der Waals surface area contributed by atoms with Gasteiger partial charge in [-0.2, -0.15) is 0 Å². The van der Waals surface area contributed by atoms with Gasteiger partial charge in [0, 0.05) is 27.7 Å². The summed E-state index contributed by atoms with van der Waals surface area (Å²) in [5.41, 5.74) is 1.82. The van der Waals surface area contributed by atoms with Gasteiger partial charge in [0.1, 0.15) is 5.75 Å². The van der Waals surface area contributed by atoms with E-state index >= 15 is 0 Å². The van der Waals surface area contributed by atoms with Crippen molar-refractivity contribution in [3.05, 3.63) is 39.5 Å². The molecule has 1 aromatic heterocycles. The van der Waals surface area contributed by atoms with Crippen molar-refractivity contribution in [1.82, 2.24) is 10.3 Å². The van der Waals surface area contributed by atoms with Gasteiger partial charge in [0.15, 0.2) is 5.78 Å². The number of ketones is 1. The number of Topliss-reactive ketones (excluding diaryl/α,β-unsaturated/α-hetero) is 1. The van der Waals surface area contributed by atoms with E-state index in [4.69, 9.17) is 4.63 Å². The maximum absolute atomic E-state index is 13.0. The van der Waals surface area contributed by atoms with Crippen LogP contribution in [0.1, 0.15) is 38.3 Å². The molecule has 2 aromatic rings. The zero-order chi connectivity index (χ0) is 17.8. The summed E-state index contributed by atoms with van der Waals surface area (Å²) in [7, 11) is 0. The van der Waals surface area contributed by atoms with Crippen molar-refractivity contribution in [3.63, 3.8) is 0 Å². The molecule has 1 aromatic carbocycles. The normalized spacial score (nSPS) is 21.7. The van der Waals surface area contributed by atoms with E-state index in [9.17, 15) is 9.90 Å². The Kier molecular flexibility index (Phi) is 3.61. The minimum Gasteiger partial charge on any atom is -0.508 e. The molecule has 2 heterocycles. The molecule has 0 fully saturated rings. The molecule has 2 aliphatic rings. The van der Waals surface area contributed by atoms with Gasteiger partial charge in [-0.15, -0.1) is 0 Å². The first-order chi connectivity index (χ1) is 11.8. The summed E-state index contributed by atoms with van der Waals surface area (Å²) in [5.74, 6) is 0.988. The average molecular weight is 405 g/mol. The summed E-state index contributed by atoms with van der Waals surface area (Å²) in [6, 6.07) is 4.59. The Balaban J connectivity index is 1.91. The Morgan fingerprint density at radius 1 is 1.28 bits per heavy atom. The van der Waals surface area contributed by atoms with Crippen LogP contribution < -0.4 is 10.6 Å². The average Bonchev–Trinajstić information content (AvgIpc) is 2.88. The van der Waals surface area contributed by atoms with E-state index < -0.39 is 6.04 Å². The fourth-order valence-corrected chi connectivity index (χ4v) is 3.87. The molecular weight excluding hydrogens is 388 g/mol. The number of aromatic hydroxyl groups is 1. The number of phenols is 1. The number of anilines is 2. The molecule has 0 bridgehead atoms. The van der Waals surface area contributed by atoms with Gasteiger partial charge in [-0.1, -0.05) is 29.8 Å². The van der Waals surface area contributed by atoms with Crippen LogP contribution >= 0.6 is 15.9 Å². The number of aromatic nitrogens is 2. The molecule has 1 atom stereocenters. The summed E-state index contributed by atoms with van der Waals surface area (Å²) < 4.78 is 5.62. The molecule has 0 spiro atoms. The van der Waals surface area contributed by atoms with Gasteiger partial charge in [0.2, 0.25) is 11.6 Å².